The second-order valence-electron chi connectivity index (χ2n) is 6.09. The van der Waals surface area contributed by atoms with E-state index in [0.717, 1.165) is 48.7 Å². The molecule has 0 spiro atoms. The molecule has 1 aliphatic heterocycles. The first-order chi connectivity index (χ1) is 12.1. The third-order valence-corrected chi connectivity index (χ3v) is 4.75. The molecule has 8 heteroatoms. The zero-order valence-corrected chi connectivity index (χ0v) is 19.8. The van der Waals surface area contributed by atoms with Crippen molar-refractivity contribution in [2.24, 2.45) is 10.9 Å². The lowest BCUT2D eigenvalue weighted by Crippen LogP contribution is -2.41. The number of ether oxygens (including phenoxy) is 3. The van der Waals surface area contributed by atoms with Crippen LogP contribution in [0.3, 0.4) is 0 Å². The van der Waals surface area contributed by atoms with Crippen molar-refractivity contribution in [3.8, 4) is 11.5 Å². The third kappa shape index (κ3) is 6.45. The second kappa shape index (κ2) is 11.9. The number of aliphatic imine (C=N–C) groups is 1. The van der Waals surface area contributed by atoms with E-state index in [4.69, 9.17) is 19.2 Å². The minimum Gasteiger partial charge on any atom is -0.493 e. The number of rotatable bonds is 7. The SMILES string of the molecule is CCNC(=NCc1cc(Br)c(OC)c(OC)c1)N(C)CC1CCOC1.I. The van der Waals surface area contributed by atoms with E-state index >= 15 is 0 Å². The quantitative estimate of drug-likeness (QED) is 0.325. The zero-order chi connectivity index (χ0) is 18.2. The second-order valence-corrected chi connectivity index (χ2v) is 6.95. The van der Waals surface area contributed by atoms with Gasteiger partial charge >= 0.3 is 0 Å². The molecule has 1 heterocycles. The molecule has 0 amide bonds. The molecule has 1 aromatic rings. The smallest absolute Gasteiger partial charge is 0.193 e. The van der Waals surface area contributed by atoms with Crippen LogP contribution in [0, 0.1) is 5.92 Å². The molecule has 0 aliphatic carbocycles. The van der Waals surface area contributed by atoms with Crippen molar-refractivity contribution in [1.29, 1.82) is 0 Å². The van der Waals surface area contributed by atoms with E-state index in [1.54, 1.807) is 14.2 Å². The minimum atomic E-state index is 0. The Morgan fingerprint density at radius 2 is 2.15 bits per heavy atom. The maximum absolute atomic E-state index is 5.47. The molecule has 1 saturated heterocycles. The fourth-order valence-corrected chi connectivity index (χ4v) is 3.55. The lowest BCUT2D eigenvalue weighted by Gasteiger charge is -2.24. The van der Waals surface area contributed by atoms with E-state index in [2.05, 4.69) is 40.1 Å². The van der Waals surface area contributed by atoms with Crippen molar-refractivity contribution in [1.82, 2.24) is 10.2 Å². The number of halogens is 2. The monoisotopic (exact) mass is 541 g/mol. The van der Waals surface area contributed by atoms with E-state index < -0.39 is 0 Å². The number of nitrogens with one attached hydrogen (secondary N) is 1. The van der Waals surface area contributed by atoms with Crippen LogP contribution in [0.5, 0.6) is 11.5 Å². The fraction of sp³-hybridized carbons (Fsp3) is 0.611. The highest BCUT2D eigenvalue weighted by Gasteiger charge is 2.19. The van der Waals surface area contributed by atoms with Crippen molar-refractivity contribution >= 4 is 45.9 Å². The summed E-state index contributed by atoms with van der Waals surface area (Å²) < 4.78 is 17.1. The summed E-state index contributed by atoms with van der Waals surface area (Å²) in [7, 11) is 5.34. The highest BCUT2D eigenvalue weighted by Crippen LogP contribution is 2.36. The van der Waals surface area contributed by atoms with Crippen LogP contribution in [-0.2, 0) is 11.3 Å². The molecular weight excluding hydrogens is 513 g/mol. The lowest BCUT2D eigenvalue weighted by atomic mass is 10.1. The number of methoxy groups -OCH3 is 2. The van der Waals surface area contributed by atoms with E-state index in [-0.39, 0.29) is 24.0 Å². The summed E-state index contributed by atoms with van der Waals surface area (Å²) >= 11 is 3.53. The van der Waals surface area contributed by atoms with Gasteiger partial charge in [0.05, 0.1) is 31.8 Å². The number of nitrogens with zero attached hydrogens (tertiary/aromatic N) is 2. The first-order valence-corrected chi connectivity index (χ1v) is 9.35. The average Bonchev–Trinajstić information content (AvgIpc) is 3.10. The predicted molar refractivity (Wildman–Crippen MR) is 119 cm³/mol. The molecule has 1 fully saturated rings. The summed E-state index contributed by atoms with van der Waals surface area (Å²) in [5, 5.41) is 3.36. The number of benzene rings is 1. The number of hydrogen-bond donors (Lipinski definition) is 1. The van der Waals surface area contributed by atoms with Crippen LogP contribution < -0.4 is 14.8 Å². The van der Waals surface area contributed by atoms with Gasteiger partial charge in [-0.05, 0) is 47.0 Å². The van der Waals surface area contributed by atoms with Crippen LogP contribution in [0.25, 0.3) is 0 Å². The van der Waals surface area contributed by atoms with Gasteiger partial charge in [0, 0.05) is 32.7 Å². The van der Waals surface area contributed by atoms with Gasteiger partial charge in [-0.3, -0.25) is 0 Å². The molecule has 26 heavy (non-hydrogen) atoms. The Morgan fingerprint density at radius 1 is 1.38 bits per heavy atom. The average molecular weight is 542 g/mol. The van der Waals surface area contributed by atoms with Gasteiger partial charge in [-0.1, -0.05) is 0 Å². The minimum absolute atomic E-state index is 0. The molecule has 0 radical (unpaired) electrons. The maximum atomic E-state index is 5.47. The van der Waals surface area contributed by atoms with Gasteiger partial charge in [0.1, 0.15) is 0 Å². The van der Waals surface area contributed by atoms with Gasteiger partial charge in [0.25, 0.3) is 0 Å². The van der Waals surface area contributed by atoms with Crippen LogP contribution in [0.15, 0.2) is 21.6 Å². The van der Waals surface area contributed by atoms with Gasteiger partial charge in [0.2, 0.25) is 0 Å². The molecule has 2 rings (SSSR count). The summed E-state index contributed by atoms with van der Waals surface area (Å²) in [5.74, 6) is 2.87. The zero-order valence-electron chi connectivity index (χ0n) is 15.9. The van der Waals surface area contributed by atoms with Crippen LogP contribution in [-0.4, -0.2) is 58.4 Å². The summed E-state index contributed by atoms with van der Waals surface area (Å²) in [6.07, 6.45) is 1.12. The van der Waals surface area contributed by atoms with Crippen molar-refractivity contribution in [3.05, 3.63) is 22.2 Å². The molecule has 1 N–H and O–H groups in total. The van der Waals surface area contributed by atoms with E-state index in [0.29, 0.717) is 24.0 Å². The van der Waals surface area contributed by atoms with Crippen LogP contribution in [0.1, 0.15) is 18.9 Å². The Morgan fingerprint density at radius 3 is 2.73 bits per heavy atom. The van der Waals surface area contributed by atoms with Gasteiger partial charge in [-0.25, -0.2) is 4.99 Å². The topological polar surface area (TPSA) is 55.3 Å². The summed E-state index contributed by atoms with van der Waals surface area (Å²) in [6.45, 7) is 6.13. The van der Waals surface area contributed by atoms with Crippen LogP contribution in [0.4, 0.5) is 0 Å². The first-order valence-electron chi connectivity index (χ1n) is 8.56. The fourth-order valence-electron chi connectivity index (χ4n) is 2.90. The Balaban J connectivity index is 0.00000338. The van der Waals surface area contributed by atoms with Crippen LogP contribution in [0.2, 0.25) is 0 Å². The van der Waals surface area contributed by atoms with Crippen LogP contribution >= 0.6 is 39.9 Å². The molecule has 0 saturated carbocycles. The highest BCUT2D eigenvalue weighted by molar-refractivity contribution is 14.0. The summed E-state index contributed by atoms with van der Waals surface area (Å²) in [5.41, 5.74) is 1.05. The third-order valence-electron chi connectivity index (χ3n) is 4.16. The standard InChI is InChI=1S/C18H28BrN3O3.HI/c1-5-20-18(22(2)11-13-6-7-25-12-13)21-10-14-8-15(19)17(24-4)16(9-14)23-3;/h8-9,13H,5-7,10-12H2,1-4H3,(H,20,21);1H. The number of hydrogen-bond acceptors (Lipinski definition) is 4. The molecule has 1 aliphatic rings. The Kier molecular flexibility index (Phi) is 10.6. The Hall–Kier alpha value is -0.740. The van der Waals surface area contributed by atoms with Gasteiger partial charge < -0.3 is 24.4 Å². The molecule has 0 bridgehead atoms. The molecule has 6 nitrogen and oxygen atoms in total. The van der Waals surface area contributed by atoms with Crippen molar-refractivity contribution in [2.45, 2.75) is 19.9 Å². The first kappa shape index (κ1) is 23.3. The number of guanidine groups is 1. The van der Waals surface area contributed by atoms with Crippen molar-refractivity contribution in [2.75, 3.05) is 47.6 Å². The van der Waals surface area contributed by atoms with Gasteiger partial charge in [-0.15, -0.1) is 24.0 Å². The maximum Gasteiger partial charge on any atom is 0.193 e. The molecule has 148 valence electrons. The molecule has 0 aromatic heterocycles. The molecule has 1 unspecified atom stereocenters. The summed E-state index contributed by atoms with van der Waals surface area (Å²) in [6, 6.07) is 3.97. The Bertz CT molecular complexity index is 595. The van der Waals surface area contributed by atoms with Gasteiger partial charge in [0.15, 0.2) is 17.5 Å². The molecule has 1 atom stereocenters. The van der Waals surface area contributed by atoms with Crippen molar-refractivity contribution in [3.63, 3.8) is 0 Å². The molecular formula is C18H29BrIN3O3. The van der Waals surface area contributed by atoms with E-state index in [1.807, 2.05) is 12.1 Å². The van der Waals surface area contributed by atoms with Gasteiger partial charge in [-0.2, -0.15) is 0 Å². The predicted octanol–water partition coefficient (Wildman–Crippen LogP) is 3.52. The van der Waals surface area contributed by atoms with E-state index in [1.165, 1.54) is 0 Å². The highest BCUT2D eigenvalue weighted by atomic mass is 127. The Labute approximate surface area is 181 Å². The normalized spacial score (nSPS) is 16.8. The largest absolute Gasteiger partial charge is 0.493 e. The van der Waals surface area contributed by atoms with Crippen molar-refractivity contribution < 1.29 is 14.2 Å². The molecule has 1 aromatic carbocycles. The lowest BCUT2D eigenvalue weighted by molar-refractivity contribution is 0.181. The van der Waals surface area contributed by atoms with E-state index in [9.17, 15) is 0 Å². The summed E-state index contributed by atoms with van der Waals surface area (Å²) in [4.78, 5) is 6.95.